The number of aliphatic hydroxyl groups excluding tert-OH is 1. The normalized spacial score (nSPS) is 53.1. The molecule has 4 heteroatoms. The maximum Gasteiger partial charge on any atom is 0.309 e. The van der Waals surface area contributed by atoms with Gasteiger partial charge in [-0.25, -0.2) is 0 Å². The second-order valence-corrected chi connectivity index (χ2v) is 14.3. The average molecular weight is 457 g/mol. The van der Waals surface area contributed by atoms with Gasteiger partial charge in [0.1, 0.15) is 0 Å². The van der Waals surface area contributed by atoms with Gasteiger partial charge in [0.05, 0.1) is 11.5 Å². The Balaban J connectivity index is 1.57. The lowest BCUT2D eigenvalue weighted by Gasteiger charge is -2.67. The summed E-state index contributed by atoms with van der Waals surface area (Å²) in [5, 5.41) is 20.8. The zero-order chi connectivity index (χ0) is 24.2. The number of ketones is 1. The number of fused-ring (bicyclic) bond motifs is 7. The Hall–Kier alpha value is -1.16. The van der Waals surface area contributed by atoms with Gasteiger partial charge in [0.2, 0.25) is 0 Å². The van der Waals surface area contributed by atoms with Crippen molar-refractivity contribution in [2.24, 2.45) is 50.7 Å². The van der Waals surface area contributed by atoms with Crippen LogP contribution in [0.1, 0.15) is 99.3 Å². The Bertz CT molecular complexity index is 919. The van der Waals surface area contributed by atoms with E-state index in [4.69, 9.17) is 0 Å². The molecule has 5 rings (SSSR count). The Morgan fingerprint density at radius 1 is 0.879 bits per heavy atom. The summed E-state index contributed by atoms with van der Waals surface area (Å²) in [5.74, 6) is 0.530. The number of carboxylic acid groups (broad SMARTS) is 1. The molecule has 4 nitrogen and oxygen atoms in total. The van der Waals surface area contributed by atoms with Gasteiger partial charge in [-0.05, 0) is 110 Å². The SMILES string of the molecule is CC1(C)[C@@H](O)CC[C@]2(C)[C@H]3C(=O)C=C4[C@@H](CC[C@@]5(C)CC[C@](C)(C(=O)O)C[C@@H]45)[C@]3(C)CC[C@@H]12. The highest BCUT2D eigenvalue weighted by atomic mass is 16.4. The lowest BCUT2D eigenvalue weighted by Crippen LogP contribution is -2.64. The van der Waals surface area contributed by atoms with Crippen molar-refractivity contribution in [3.63, 3.8) is 0 Å². The second-order valence-electron chi connectivity index (χ2n) is 14.3. The highest BCUT2D eigenvalue weighted by molar-refractivity contribution is 5.95. The van der Waals surface area contributed by atoms with Crippen molar-refractivity contribution in [2.45, 2.75) is 105 Å². The largest absolute Gasteiger partial charge is 0.481 e. The molecule has 0 heterocycles. The van der Waals surface area contributed by atoms with E-state index in [1.165, 1.54) is 5.57 Å². The molecule has 33 heavy (non-hydrogen) atoms. The zero-order valence-corrected chi connectivity index (χ0v) is 21.5. The minimum atomic E-state index is -0.694. The first kappa shape index (κ1) is 23.6. The van der Waals surface area contributed by atoms with E-state index < -0.39 is 11.4 Å². The minimum absolute atomic E-state index is 0.00285. The third-order valence-electron chi connectivity index (χ3n) is 12.3. The van der Waals surface area contributed by atoms with Crippen LogP contribution in [0.25, 0.3) is 0 Å². The van der Waals surface area contributed by atoms with Gasteiger partial charge in [-0.1, -0.05) is 40.2 Å². The van der Waals surface area contributed by atoms with Gasteiger partial charge >= 0.3 is 5.97 Å². The molecule has 0 spiro atoms. The molecule has 4 fully saturated rings. The van der Waals surface area contributed by atoms with Crippen molar-refractivity contribution in [1.82, 2.24) is 0 Å². The van der Waals surface area contributed by atoms with Crippen LogP contribution in [0.15, 0.2) is 11.6 Å². The molecule has 0 radical (unpaired) electrons. The summed E-state index contributed by atoms with van der Waals surface area (Å²) >= 11 is 0. The number of hydrogen-bond donors (Lipinski definition) is 2. The molecule has 0 unspecified atom stereocenters. The average Bonchev–Trinajstić information content (AvgIpc) is 2.71. The van der Waals surface area contributed by atoms with Crippen molar-refractivity contribution in [3.05, 3.63) is 11.6 Å². The van der Waals surface area contributed by atoms with E-state index in [1.54, 1.807) is 0 Å². The number of rotatable bonds is 1. The molecule has 0 aromatic heterocycles. The van der Waals surface area contributed by atoms with Gasteiger partial charge in [-0.15, -0.1) is 0 Å². The predicted octanol–water partition coefficient (Wildman–Crippen LogP) is 6.02. The number of aliphatic hydroxyl groups is 1. The number of aliphatic carboxylic acids is 1. The lowest BCUT2D eigenvalue weighted by atomic mass is 9.37. The van der Waals surface area contributed by atoms with Crippen LogP contribution in [0.2, 0.25) is 0 Å². The maximum atomic E-state index is 14.1. The first-order valence-corrected chi connectivity index (χ1v) is 13.4. The van der Waals surface area contributed by atoms with Gasteiger partial charge in [-0.3, -0.25) is 9.59 Å². The lowest BCUT2D eigenvalue weighted by molar-refractivity contribution is -0.188. The number of carboxylic acids is 1. The van der Waals surface area contributed by atoms with Gasteiger partial charge < -0.3 is 10.2 Å². The van der Waals surface area contributed by atoms with Crippen LogP contribution in [0.4, 0.5) is 0 Å². The summed E-state index contributed by atoms with van der Waals surface area (Å²) in [7, 11) is 0. The van der Waals surface area contributed by atoms with Crippen LogP contribution in [-0.2, 0) is 9.59 Å². The summed E-state index contributed by atoms with van der Waals surface area (Å²) in [6.07, 6.45) is 10.1. The predicted molar refractivity (Wildman–Crippen MR) is 128 cm³/mol. The van der Waals surface area contributed by atoms with Gasteiger partial charge in [0.15, 0.2) is 5.78 Å². The van der Waals surface area contributed by atoms with E-state index in [0.717, 1.165) is 51.4 Å². The quantitative estimate of drug-likeness (QED) is 0.506. The Morgan fingerprint density at radius 3 is 2.21 bits per heavy atom. The van der Waals surface area contributed by atoms with Gasteiger partial charge in [-0.2, -0.15) is 0 Å². The molecule has 0 saturated heterocycles. The van der Waals surface area contributed by atoms with Crippen LogP contribution < -0.4 is 0 Å². The Kier molecular flexibility index (Phi) is 4.97. The molecule has 9 atom stereocenters. The fraction of sp³-hybridized carbons (Fsp3) is 0.862. The standard InChI is InChI=1S/C29H44O4/c1-25(2)21-8-11-28(5)18-7-10-26(3)13-14-27(4,24(32)33)16-19(26)17(18)15-20(30)23(28)29(21,6)12-9-22(25)31/h15,18-19,21-23,31H,7-14,16H2,1-6H3,(H,32,33)/t18-,19+,21+,22+,23+,26+,27+,28+,29+/m1/s1. The molecular weight excluding hydrogens is 412 g/mol. The number of allylic oxidation sites excluding steroid dienone is 2. The van der Waals surface area contributed by atoms with Crippen molar-refractivity contribution in [1.29, 1.82) is 0 Å². The highest BCUT2D eigenvalue weighted by Crippen LogP contribution is 2.71. The van der Waals surface area contributed by atoms with Crippen LogP contribution in [0.3, 0.4) is 0 Å². The molecule has 5 aliphatic rings. The van der Waals surface area contributed by atoms with Crippen LogP contribution in [-0.4, -0.2) is 28.1 Å². The van der Waals surface area contributed by atoms with Crippen molar-refractivity contribution >= 4 is 11.8 Å². The van der Waals surface area contributed by atoms with Crippen molar-refractivity contribution in [2.75, 3.05) is 0 Å². The van der Waals surface area contributed by atoms with Crippen LogP contribution in [0.5, 0.6) is 0 Å². The fourth-order valence-corrected chi connectivity index (χ4v) is 10.1. The third kappa shape index (κ3) is 2.98. The summed E-state index contributed by atoms with van der Waals surface area (Å²) in [5.41, 5.74) is 0.383. The zero-order valence-electron chi connectivity index (χ0n) is 21.5. The van der Waals surface area contributed by atoms with Crippen LogP contribution in [0, 0.1) is 50.7 Å². The third-order valence-corrected chi connectivity index (χ3v) is 12.3. The monoisotopic (exact) mass is 456 g/mol. The first-order chi connectivity index (χ1) is 15.2. The van der Waals surface area contributed by atoms with E-state index >= 15 is 0 Å². The fourth-order valence-electron chi connectivity index (χ4n) is 10.1. The van der Waals surface area contributed by atoms with E-state index in [0.29, 0.717) is 18.3 Å². The molecular formula is C29H44O4. The van der Waals surface area contributed by atoms with E-state index in [1.807, 2.05) is 13.0 Å². The molecule has 0 amide bonds. The first-order valence-electron chi connectivity index (χ1n) is 13.4. The van der Waals surface area contributed by atoms with E-state index in [9.17, 15) is 19.8 Å². The Morgan fingerprint density at radius 2 is 1.55 bits per heavy atom. The molecule has 0 aliphatic heterocycles. The van der Waals surface area contributed by atoms with E-state index in [2.05, 4.69) is 34.6 Å². The summed E-state index contributed by atoms with van der Waals surface area (Å²) in [6.45, 7) is 13.4. The summed E-state index contributed by atoms with van der Waals surface area (Å²) in [4.78, 5) is 26.2. The number of hydrogen-bond acceptors (Lipinski definition) is 3. The van der Waals surface area contributed by atoms with Crippen molar-refractivity contribution < 1.29 is 19.8 Å². The smallest absolute Gasteiger partial charge is 0.309 e. The topological polar surface area (TPSA) is 74.6 Å². The highest BCUT2D eigenvalue weighted by Gasteiger charge is 2.67. The van der Waals surface area contributed by atoms with Gasteiger partial charge in [0.25, 0.3) is 0 Å². The number of carbonyl (C=O) groups excluding carboxylic acids is 1. The second kappa shape index (κ2) is 6.95. The van der Waals surface area contributed by atoms with Crippen molar-refractivity contribution in [3.8, 4) is 0 Å². The molecule has 2 N–H and O–H groups in total. The summed E-state index contributed by atoms with van der Waals surface area (Å²) in [6, 6.07) is 0. The maximum absolute atomic E-state index is 14.1. The molecule has 0 aromatic carbocycles. The molecule has 0 aromatic rings. The molecule has 4 saturated carbocycles. The van der Waals surface area contributed by atoms with E-state index in [-0.39, 0.29) is 45.4 Å². The molecule has 5 aliphatic carbocycles. The summed E-state index contributed by atoms with van der Waals surface area (Å²) < 4.78 is 0. The van der Waals surface area contributed by atoms with Gasteiger partial charge in [0, 0.05) is 5.92 Å². The molecule has 0 bridgehead atoms. The molecule has 184 valence electrons. The number of carbonyl (C=O) groups is 2. The van der Waals surface area contributed by atoms with Crippen LogP contribution >= 0.6 is 0 Å². The minimum Gasteiger partial charge on any atom is -0.481 e. The Labute approximate surface area is 199 Å².